The summed E-state index contributed by atoms with van der Waals surface area (Å²) in [6.45, 7) is 0. The van der Waals surface area contributed by atoms with E-state index in [4.69, 9.17) is 15.5 Å². The van der Waals surface area contributed by atoms with E-state index in [1.165, 1.54) is 0 Å². The van der Waals surface area contributed by atoms with Crippen LogP contribution in [-0.2, 0) is 5.54 Å². The average Bonchev–Trinajstić information content (AvgIpc) is 2.84. The third-order valence-corrected chi connectivity index (χ3v) is 6.27. The molecule has 0 saturated heterocycles. The number of benzene rings is 1. The van der Waals surface area contributed by atoms with Crippen molar-refractivity contribution in [2.75, 3.05) is 5.75 Å². The molecule has 1 aliphatic carbocycles. The number of hydrogen-bond donors (Lipinski definition) is 2. The lowest BCUT2D eigenvalue weighted by atomic mass is 9.68. The number of halogens is 1. The molecular formula is C15H17BrN2O2S. The molecule has 4 rings (SSSR count). The van der Waals surface area contributed by atoms with Crippen LogP contribution in [0.15, 0.2) is 27.7 Å². The number of amidine groups is 1. The highest BCUT2D eigenvalue weighted by atomic mass is 79.9. The first-order chi connectivity index (χ1) is 10.1. The first kappa shape index (κ1) is 13.9. The molecule has 0 bridgehead atoms. The molecule has 1 saturated carbocycles. The Bertz CT molecular complexity index is 624. The normalized spacial score (nSPS) is 37.6. The summed E-state index contributed by atoms with van der Waals surface area (Å²) in [4.78, 5) is 4.83. The summed E-state index contributed by atoms with van der Waals surface area (Å²) in [6.07, 6.45) is 2.27. The summed E-state index contributed by atoms with van der Waals surface area (Å²) in [5.41, 5.74) is 6.74. The minimum atomic E-state index is -0.349. The number of nitrogens with two attached hydrogens (primary N) is 1. The van der Waals surface area contributed by atoms with Gasteiger partial charge in [-0.1, -0.05) is 27.7 Å². The van der Waals surface area contributed by atoms with Crippen LogP contribution in [-0.4, -0.2) is 28.2 Å². The number of ether oxygens (including phenoxy) is 1. The van der Waals surface area contributed by atoms with E-state index >= 15 is 0 Å². The molecule has 3 N–H and O–H groups in total. The zero-order valence-corrected chi connectivity index (χ0v) is 13.9. The van der Waals surface area contributed by atoms with Crippen LogP contribution >= 0.6 is 27.7 Å². The molecule has 4 nitrogen and oxygen atoms in total. The predicted molar refractivity (Wildman–Crippen MR) is 87.7 cm³/mol. The molecule has 6 heteroatoms. The fourth-order valence-electron chi connectivity index (χ4n) is 3.84. The largest absolute Gasteiger partial charge is 0.490 e. The van der Waals surface area contributed by atoms with Gasteiger partial charge in [-0.25, -0.2) is 4.99 Å². The fraction of sp³-hybridized carbons (Fsp3) is 0.533. The molecule has 2 aliphatic heterocycles. The molecule has 0 amide bonds. The zero-order valence-electron chi connectivity index (χ0n) is 11.5. The standard InChI is InChI=1S/C15H17BrN2O2S/c16-8-1-3-12-10(5-8)15(7-21-14(17)18-15)11-6-9(19)2-4-13(11)20-12/h1,3,5,9,11,13,19H,2,4,6-7H2,(H2,17,18)/t9?,11-,13-,15?/m0/s1. The number of hydrogen-bond acceptors (Lipinski definition) is 5. The molecule has 4 atom stereocenters. The van der Waals surface area contributed by atoms with Gasteiger partial charge in [0, 0.05) is 21.7 Å². The van der Waals surface area contributed by atoms with Crippen molar-refractivity contribution in [2.45, 2.75) is 37.0 Å². The van der Waals surface area contributed by atoms with Gasteiger partial charge >= 0.3 is 0 Å². The van der Waals surface area contributed by atoms with E-state index in [1.807, 2.05) is 12.1 Å². The molecule has 3 aliphatic rings. The first-order valence-electron chi connectivity index (χ1n) is 7.21. The minimum Gasteiger partial charge on any atom is -0.490 e. The highest BCUT2D eigenvalue weighted by Crippen LogP contribution is 2.54. The third-order valence-electron chi connectivity index (χ3n) is 4.81. The maximum atomic E-state index is 10.1. The average molecular weight is 369 g/mol. The Morgan fingerprint density at radius 3 is 3.05 bits per heavy atom. The number of aliphatic hydroxyl groups is 1. The maximum absolute atomic E-state index is 10.1. The van der Waals surface area contributed by atoms with Gasteiger partial charge < -0.3 is 15.6 Å². The predicted octanol–water partition coefficient (Wildman–Crippen LogP) is 2.63. The van der Waals surface area contributed by atoms with Crippen molar-refractivity contribution in [2.24, 2.45) is 16.6 Å². The van der Waals surface area contributed by atoms with Gasteiger partial charge in [0.05, 0.1) is 6.10 Å². The Balaban J connectivity index is 1.89. The van der Waals surface area contributed by atoms with Crippen LogP contribution < -0.4 is 10.5 Å². The number of fused-ring (bicyclic) bond motifs is 4. The molecule has 1 aromatic rings. The molecule has 1 aromatic carbocycles. The van der Waals surface area contributed by atoms with E-state index in [0.29, 0.717) is 5.17 Å². The molecule has 2 unspecified atom stereocenters. The monoisotopic (exact) mass is 368 g/mol. The Labute approximate surface area is 136 Å². The number of aliphatic hydroxyl groups excluding tert-OH is 1. The van der Waals surface area contributed by atoms with Crippen LogP contribution in [0.1, 0.15) is 24.8 Å². The highest BCUT2D eigenvalue weighted by molar-refractivity contribution is 9.10. The summed E-state index contributed by atoms with van der Waals surface area (Å²) in [7, 11) is 0. The molecule has 1 fully saturated rings. The lowest BCUT2D eigenvalue weighted by Crippen LogP contribution is -2.51. The molecular weight excluding hydrogens is 352 g/mol. The summed E-state index contributed by atoms with van der Waals surface area (Å²) in [6, 6.07) is 6.10. The van der Waals surface area contributed by atoms with E-state index in [0.717, 1.165) is 40.8 Å². The summed E-state index contributed by atoms with van der Waals surface area (Å²) in [5, 5.41) is 10.7. The molecule has 0 radical (unpaired) electrons. The second kappa shape index (κ2) is 4.89. The van der Waals surface area contributed by atoms with Crippen molar-refractivity contribution < 1.29 is 9.84 Å². The number of thioether (sulfide) groups is 1. The Kier molecular flexibility index (Phi) is 3.24. The lowest BCUT2D eigenvalue weighted by Gasteiger charge is -2.48. The van der Waals surface area contributed by atoms with Crippen molar-refractivity contribution in [1.29, 1.82) is 0 Å². The van der Waals surface area contributed by atoms with E-state index in [-0.39, 0.29) is 23.7 Å². The van der Waals surface area contributed by atoms with Crippen molar-refractivity contribution >= 4 is 32.9 Å². The quantitative estimate of drug-likeness (QED) is 0.738. The Hall–Kier alpha value is -0.720. The third kappa shape index (κ3) is 2.11. The number of aliphatic imine (C=N–C) groups is 1. The second-order valence-corrected chi connectivity index (χ2v) is 7.94. The lowest BCUT2D eigenvalue weighted by molar-refractivity contribution is -0.0236. The zero-order chi connectivity index (χ0) is 14.6. The number of nitrogens with zero attached hydrogens (tertiary/aromatic N) is 1. The van der Waals surface area contributed by atoms with Crippen molar-refractivity contribution in [3.05, 3.63) is 28.2 Å². The van der Waals surface area contributed by atoms with E-state index in [1.54, 1.807) is 11.8 Å². The Morgan fingerprint density at radius 2 is 2.29 bits per heavy atom. The van der Waals surface area contributed by atoms with E-state index in [2.05, 4.69) is 22.0 Å². The smallest absolute Gasteiger partial charge is 0.154 e. The van der Waals surface area contributed by atoms with Crippen LogP contribution in [0, 0.1) is 5.92 Å². The van der Waals surface area contributed by atoms with Crippen LogP contribution in [0.25, 0.3) is 0 Å². The van der Waals surface area contributed by atoms with Crippen molar-refractivity contribution in [1.82, 2.24) is 0 Å². The molecule has 21 heavy (non-hydrogen) atoms. The van der Waals surface area contributed by atoms with Gasteiger partial charge in [0.25, 0.3) is 0 Å². The Morgan fingerprint density at radius 1 is 1.43 bits per heavy atom. The summed E-state index contributed by atoms with van der Waals surface area (Å²) >= 11 is 5.15. The van der Waals surface area contributed by atoms with E-state index in [9.17, 15) is 5.11 Å². The van der Waals surface area contributed by atoms with Gasteiger partial charge in [0.1, 0.15) is 17.4 Å². The van der Waals surface area contributed by atoms with Crippen LogP contribution in [0.2, 0.25) is 0 Å². The summed E-state index contributed by atoms with van der Waals surface area (Å²) < 4.78 is 7.23. The van der Waals surface area contributed by atoms with Crippen LogP contribution in [0.4, 0.5) is 0 Å². The molecule has 1 spiro atoms. The molecule has 2 heterocycles. The van der Waals surface area contributed by atoms with Gasteiger partial charge in [-0.2, -0.15) is 0 Å². The van der Waals surface area contributed by atoms with Gasteiger partial charge in [-0.3, -0.25) is 0 Å². The minimum absolute atomic E-state index is 0.123. The maximum Gasteiger partial charge on any atom is 0.154 e. The van der Waals surface area contributed by atoms with Crippen molar-refractivity contribution in [3.8, 4) is 5.75 Å². The van der Waals surface area contributed by atoms with Gasteiger partial charge in [-0.15, -0.1) is 0 Å². The first-order valence-corrected chi connectivity index (χ1v) is 8.99. The second-order valence-electron chi connectivity index (χ2n) is 6.03. The van der Waals surface area contributed by atoms with E-state index < -0.39 is 0 Å². The van der Waals surface area contributed by atoms with Gasteiger partial charge in [0.15, 0.2) is 5.17 Å². The van der Waals surface area contributed by atoms with Crippen molar-refractivity contribution in [3.63, 3.8) is 0 Å². The van der Waals surface area contributed by atoms with Crippen LogP contribution in [0.5, 0.6) is 5.75 Å². The van der Waals surface area contributed by atoms with Gasteiger partial charge in [-0.05, 0) is 37.5 Å². The summed E-state index contributed by atoms with van der Waals surface area (Å²) in [5.74, 6) is 1.94. The fourth-order valence-corrected chi connectivity index (χ4v) is 5.23. The van der Waals surface area contributed by atoms with Crippen LogP contribution in [0.3, 0.4) is 0 Å². The topological polar surface area (TPSA) is 67.8 Å². The molecule has 0 aromatic heterocycles. The number of rotatable bonds is 0. The highest BCUT2D eigenvalue weighted by Gasteiger charge is 2.54. The SMILES string of the molecule is NC1=NC2(CS1)c1cc(Br)ccc1O[C@H]1CCC(O)C[C@@H]12. The molecule has 112 valence electrons. The van der Waals surface area contributed by atoms with Gasteiger partial charge in [0.2, 0.25) is 0 Å².